The smallest absolute Gasteiger partial charge is 0.115 e. The molecule has 0 aliphatic rings. The van der Waals surface area contributed by atoms with Gasteiger partial charge in [-0.2, -0.15) is 0 Å². The van der Waals surface area contributed by atoms with Gasteiger partial charge in [0.2, 0.25) is 0 Å². The maximum Gasteiger partial charge on any atom is 0.115 e. The summed E-state index contributed by atoms with van der Waals surface area (Å²) in [4.78, 5) is 0. The van der Waals surface area contributed by atoms with Gasteiger partial charge >= 0.3 is 0 Å². The Labute approximate surface area is 129 Å². The van der Waals surface area contributed by atoms with Gasteiger partial charge in [0.1, 0.15) is 5.75 Å². The van der Waals surface area contributed by atoms with Gasteiger partial charge in [0.05, 0.1) is 12.0 Å². The molecule has 114 valence electrons. The number of rotatable bonds is 4. The molecule has 0 spiro atoms. The summed E-state index contributed by atoms with van der Waals surface area (Å²) < 4.78 is 4.06. The molecule has 0 fully saturated rings. The van der Waals surface area contributed by atoms with Crippen molar-refractivity contribution >= 4 is 0 Å². The molecule has 2 aromatic heterocycles. The van der Waals surface area contributed by atoms with Crippen LogP contribution in [0, 0.1) is 0 Å². The molecule has 0 radical (unpaired) electrons. The van der Waals surface area contributed by atoms with Crippen LogP contribution in [0.4, 0.5) is 0 Å². The number of hydrogen-bond donors (Lipinski definition) is 2. The fraction of sp³-hybridized carbons (Fsp3) is 0.222. The number of aliphatic hydroxyl groups is 1. The number of phenolic OH excluding ortho intramolecular Hbond substituents is 1. The minimum atomic E-state index is -0.692. The largest absolute Gasteiger partial charge is 0.508 e. The SMILES string of the molecule is Cn1cccc1C(c1cccn1C)C(O)c1ccc(O)cc1. The van der Waals surface area contributed by atoms with E-state index in [1.807, 2.05) is 59.9 Å². The first kappa shape index (κ1) is 14.5. The first-order valence-electron chi connectivity index (χ1n) is 7.27. The monoisotopic (exact) mass is 296 g/mol. The van der Waals surface area contributed by atoms with Gasteiger partial charge in [-0.15, -0.1) is 0 Å². The number of hydrogen-bond acceptors (Lipinski definition) is 2. The lowest BCUT2D eigenvalue weighted by molar-refractivity contribution is 0.153. The molecule has 2 N–H and O–H groups in total. The molecule has 1 unspecified atom stereocenters. The number of phenols is 1. The van der Waals surface area contributed by atoms with Gasteiger partial charge in [0.15, 0.2) is 0 Å². The van der Waals surface area contributed by atoms with Crippen molar-refractivity contribution in [2.45, 2.75) is 12.0 Å². The molecule has 22 heavy (non-hydrogen) atoms. The molecule has 1 atom stereocenters. The van der Waals surface area contributed by atoms with Gasteiger partial charge in [-0.25, -0.2) is 0 Å². The summed E-state index contributed by atoms with van der Waals surface area (Å²) in [5.41, 5.74) is 2.87. The van der Waals surface area contributed by atoms with Crippen LogP contribution in [-0.2, 0) is 14.1 Å². The Kier molecular flexibility index (Phi) is 3.77. The van der Waals surface area contributed by atoms with Crippen molar-refractivity contribution < 1.29 is 10.2 Å². The van der Waals surface area contributed by atoms with E-state index in [1.165, 1.54) is 0 Å². The normalized spacial score (nSPS) is 12.7. The summed E-state index contributed by atoms with van der Waals surface area (Å²) in [5.74, 6) is 0.0229. The maximum absolute atomic E-state index is 11.0. The zero-order chi connectivity index (χ0) is 15.7. The molecule has 0 aliphatic carbocycles. The third kappa shape index (κ3) is 2.53. The molecule has 3 aromatic rings. The Morgan fingerprint density at radius 2 is 1.32 bits per heavy atom. The average Bonchev–Trinajstić information content (AvgIpc) is 3.10. The molecule has 4 nitrogen and oxygen atoms in total. The van der Waals surface area contributed by atoms with Crippen LogP contribution in [0.2, 0.25) is 0 Å². The molecule has 0 aliphatic heterocycles. The minimum Gasteiger partial charge on any atom is -0.508 e. The van der Waals surface area contributed by atoms with Crippen LogP contribution in [-0.4, -0.2) is 19.3 Å². The van der Waals surface area contributed by atoms with Crippen molar-refractivity contribution in [2.75, 3.05) is 0 Å². The van der Waals surface area contributed by atoms with E-state index in [4.69, 9.17) is 0 Å². The van der Waals surface area contributed by atoms with Gasteiger partial charge in [-0.05, 0) is 42.0 Å². The Morgan fingerprint density at radius 3 is 1.73 bits per heavy atom. The van der Waals surface area contributed by atoms with Crippen LogP contribution >= 0.6 is 0 Å². The fourth-order valence-electron chi connectivity index (χ4n) is 2.93. The summed E-state index contributed by atoms with van der Waals surface area (Å²) in [5, 5.41) is 20.4. The van der Waals surface area contributed by atoms with E-state index >= 15 is 0 Å². The predicted octanol–water partition coefficient (Wildman–Crippen LogP) is 2.93. The van der Waals surface area contributed by atoms with Gasteiger partial charge in [-0.3, -0.25) is 0 Å². The Bertz CT molecular complexity index is 715. The van der Waals surface area contributed by atoms with Crippen LogP contribution in [0.1, 0.15) is 29.0 Å². The van der Waals surface area contributed by atoms with E-state index < -0.39 is 6.10 Å². The average molecular weight is 296 g/mol. The highest BCUT2D eigenvalue weighted by molar-refractivity contribution is 5.34. The standard InChI is InChI=1S/C18H20N2O2/c1-19-11-3-5-15(19)17(16-6-4-12-20(16)2)18(22)13-7-9-14(21)10-8-13/h3-12,17-18,21-22H,1-2H3. The zero-order valence-electron chi connectivity index (χ0n) is 12.7. The molecular formula is C18H20N2O2. The van der Waals surface area contributed by atoms with Crippen LogP contribution in [0.3, 0.4) is 0 Å². The first-order valence-corrected chi connectivity index (χ1v) is 7.27. The first-order chi connectivity index (χ1) is 10.6. The van der Waals surface area contributed by atoms with Crippen LogP contribution < -0.4 is 0 Å². The summed E-state index contributed by atoms with van der Waals surface area (Å²) >= 11 is 0. The highest BCUT2D eigenvalue weighted by Crippen LogP contribution is 2.37. The van der Waals surface area contributed by atoms with Crippen LogP contribution in [0.25, 0.3) is 0 Å². The van der Waals surface area contributed by atoms with Crippen molar-refractivity contribution in [1.82, 2.24) is 9.13 Å². The maximum atomic E-state index is 11.0. The summed E-state index contributed by atoms with van der Waals surface area (Å²) in [6.45, 7) is 0. The van der Waals surface area contributed by atoms with Gasteiger partial charge in [0.25, 0.3) is 0 Å². The number of aliphatic hydroxyl groups excluding tert-OH is 1. The zero-order valence-corrected chi connectivity index (χ0v) is 12.7. The Balaban J connectivity index is 2.08. The van der Waals surface area contributed by atoms with E-state index in [9.17, 15) is 10.2 Å². The number of aromatic nitrogens is 2. The third-order valence-electron chi connectivity index (χ3n) is 4.16. The van der Waals surface area contributed by atoms with Crippen molar-refractivity contribution in [3.63, 3.8) is 0 Å². The molecular weight excluding hydrogens is 276 g/mol. The molecule has 0 saturated carbocycles. The summed E-state index contributed by atoms with van der Waals surface area (Å²) in [6.07, 6.45) is 3.27. The number of nitrogens with zero attached hydrogens (tertiary/aromatic N) is 2. The van der Waals surface area contributed by atoms with Gasteiger partial charge in [-0.1, -0.05) is 12.1 Å². The topological polar surface area (TPSA) is 50.3 Å². The lowest BCUT2D eigenvalue weighted by atomic mass is 9.89. The van der Waals surface area contributed by atoms with Crippen LogP contribution in [0.15, 0.2) is 60.9 Å². The van der Waals surface area contributed by atoms with Crippen molar-refractivity contribution in [3.05, 3.63) is 77.9 Å². The highest BCUT2D eigenvalue weighted by atomic mass is 16.3. The molecule has 3 rings (SSSR count). The Morgan fingerprint density at radius 1 is 0.818 bits per heavy atom. The molecule has 0 saturated heterocycles. The van der Waals surface area contributed by atoms with E-state index in [0.717, 1.165) is 17.0 Å². The number of benzene rings is 1. The van der Waals surface area contributed by atoms with Crippen molar-refractivity contribution in [1.29, 1.82) is 0 Å². The van der Waals surface area contributed by atoms with E-state index in [0.29, 0.717) is 0 Å². The lowest BCUT2D eigenvalue weighted by Gasteiger charge is -2.25. The number of aromatic hydroxyl groups is 1. The second-order valence-corrected chi connectivity index (χ2v) is 5.60. The molecule has 1 aromatic carbocycles. The minimum absolute atomic E-state index is 0.176. The summed E-state index contributed by atoms with van der Waals surface area (Å²) in [6, 6.07) is 14.8. The van der Waals surface area contributed by atoms with Crippen molar-refractivity contribution in [2.24, 2.45) is 14.1 Å². The lowest BCUT2D eigenvalue weighted by Crippen LogP contribution is -2.17. The van der Waals surface area contributed by atoms with E-state index in [1.54, 1.807) is 24.3 Å². The second kappa shape index (κ2) is 5.73. The predicted molar refractivity (Wildman–Crippen MR) is 85.7 cm³/mol. The quantitative estimate of drug-likeness (QED) is 0.777. The summed E-state index contributed by atoms with van der Waals surface area (Å²) in [7, 11) is 3.96. The van der Waals surface area contributed by atoms with Crippen molar-refractivity contribution in [3.8, 4) is 5.75 Å². The second-order valence-electron chi connectivity index (χ2n) is 5.60. The molecule has 0 bridgehead atoms. The Hall–Kier alpha value is -2.46. The van der Waals surface area contributed by atoms with Gasteiger partial charge < -0.3 is 19.3 Å². The third-order valence-corrected chi connectivity index (χ3v) is 4.16. The van der Waals surface area contributed by atoms with Gasteiger partial charge in [0, 0.05) is 37.9 Å². The van der Waals surface area contributed by atoms with E-state index in [-0.39, 0.29) is 11.7 Å². The fourth-order valence-corrected chi connectivity index (χ4v) is 2.93. The molecule has 4 heteroatoms. The van der Waals surface area contributed by atoms with E-state index in [2.05, 4.69) is 0 Å². The highest BCUT2D eigenvalue weighted by Gasteiger charge is 2.28. The number of aryl methyl sites for hydroxylation is 2. The van der Waals surface area contributed by atoms with Crippen LogP contribution in [0.5, 0.6) is 5.75 Å². The molecule has 2 heterocycles. The molecule has 0 amide bonds.